The smallest absolute Gasteiger partial charge is 0.121 e. The molecule has 0 saturated carbocycles. The zero-order valence-electron chi connectivity index (χ0n) is 10.9. The van der Waals surface area contributed by atoms with Crippen LogP contribution in [0, 0.1) is 0 Å². The molecule has 1 aliphatic heterocycles. The predicted molar refractivity (Wildman–Crippen MR) is 72.1 cm³/mol. The Kier molecular flexibility index (Phi) is 2.96. The van der Waals surface area contributed by atoms with E-state index in [0.29, 0.717) is 12.0 Å². The Bertz CT molecular complexity index is 549. The van der Waals surface area contributed by atoms with Crippen LogP contribution in [0.25, 0.3) is 11.0 Å². The number of hydrogen-bond donors (Lipinski definition) is 2. The van der Waals surface area contributed by atoms with Crippen LogP contribution in [0.2, 0.25) is 0 Å². The van der Waals surface area contributed by atoms with Crippen LogP contribution in [0.1, 0.15) is 31.5 Å². The normalized spacial score (nSPS) is 24.3. The lowest BCUT2D eigenvalue weighted by atomic mass is 9.93. The Balaban J connectivity index is 1.92. The highest BCUT2D eigenvalue weighted by molar-refractivity contribution is 5.76. The van der Waals surface area contributed by atoms with Gasteiger partial charge in [0.15, 0.2) is 0 Å². The van der Waals surface area contributed by atoms with Crippen LogP contribution in [0.4, 0.5) is 0 Å². The Morgan fingerprint density at radius 3 is 3.06 bits per heavy atom. The second kappa shape index (κ2) is 4.61. The second-order valence-corrected chi connectivity index (χ2v) is 5.08. The van der Waals surface area contributed by atoms with E-state index in [2.05, 4.69) is 17.2 Å². The van der Waals surface area contributed by atoms with Crippen molar-refractivity contribution in [3.63, 3.8) is 0 Å². The number of imidazole rings is 1. The van der Waals surface area contributed by atoms with Gasteiger partial charge >= 0.3 is 0 Å². The first-order valence-electron chi connectivity index (χ1n) is 6.53. The maximum atomic E-state index is 5.24. The highest BCUT2D eigenvalue weighted by Crippen LogP contribution is 2.28. The van der Waals surface area contributed by atoms with Crippen molar-refractivity contribution in [2.24, 2.45) is 0 Å². The molecule has 2 aromatic rings. The summed E-state index contributed by atoms with van der Waals surface area (Å²) in [7, 11) is 1.69. The van der Waals surface area contributed by atoms with Crippen LogP contribution >= 0.6 is 0 Å². The SMILES string of the molecule is COc1ccc2nc(C3CCNC(C)C3)[nH]c2c1. The van der Waals surface area contributed by atoms with Crippen molar-refractivity contribution in [1.82, 2.24) is 15.3 Å². The van der Waals surface area contributed by atoms with E-state index in [9.17, 15) is 0 Å². The van der Waals surface area contributed by atoms with Crippen molar-refractivity contribution in [2.45, 2.75) is 31.7 Å². The summed E-state index contributed by atoms with van der Waals surface area (Å²) >= 11 is 0. The van der Waals surface area contributed by atoms with E-state index in [1.165, 1.54) is 0 Å². The van der Waals surface area contributed by atoms with Gasteiger partial charge in [-0.05, 0) is 38.4 Å². The Morgan fingerprint density at radius 1 is 1.39 bits per heavy atom. The lowest BCUT2D eigenvalue weighted by Gasteiger charge is -2.26. The first kappa shape index (κ1) is 11.5. The van der Waals surface area contributed by atoms with Gasteiger partial charge in [-0.25, -0.2) is 4.98 Å². The van der Waals surface area contributed by atoms with Crippen molar-refractivity contribution >= 4 is 11.0 Å². The zero-order valence-corrected chi connectivity index (χ0v) is 10.9. The van der Waals surface area contributed by atoms with E-state index >= 15 is 0 Å². The molecule has 0 bridgehead atoms. The number of fused-ring (bicyclic) bond motifs is 1. The molecule has 0 aliphatic carbocycles. The van der Waals surface area contributed by atoms with Crippen LogP contribution in [0.3, 0.4) is 0 Å². The van der Waals surface area contributed by atoms with Crippen LogP contribution in [0.5, 0.6) is 5.75 Å². The van der Waals surface area contributed by atoms with Gasteiger partial charge in [0.2, 0.25) is 0 Å². The highest BCUT2D eigenvalue weighted by Gasteiger charge is 2.22. The molecule has 0 amide bonds. The summed E-state index contributed by atoms with van der Waals surface area (Å²) in [6, 6.07) is 6.55. The molecule has 1 saturated heterocycles. The fourth-order valence-electron chi connectivity index (χ4n) is 2.71. The zero-order chi connectivity index (χ0) is 12.5. The van der Waals surface area contributed by atoms with Crippen molar-refractivity contribution in [3.8, 4) is 5.75 Å². The van der Waals surface area contributed by atoms with E-state index in [0.717, 1.165) is 42.0 Å². The molecule has 96 valence electrons. The number of piperidine rings is 1. The fraction of sp³-hybridized carbons (Fsp3) is 0.500. The molecule has 4 nitrogen and oxygen atoms in total. The number of aromatic nitrogens is 2. The summed E-state index contributed by atoms with van der Waals surface area (Å²) in [5.74, 6) is 2.53. The monoisotopic (exact) mass is 245 g/mol. The number of ether oxygens (including phenoxy) is 1. The Hall–Kier alpha value is -1.55. The molecule has 2 heterocycles. The topological polar surface area (TPSA) is 49.9 Å². The second-order valence-electron chi connectivity index (χ2n) is 5.08. The van der Waals surface area contributed by atoms with E-state index < -0.39 is 0 Å². The third kappa shape index (κ3) is 2.08. The molecule has 2 N–H and O–H groups in total. The minimum absolute atomic E-state index is 0.541. The van der Waals surface area contributed by atoms with Crippen molar-refractivity contribution in [1.29, 1.82) is 0 Å². The Labute approximate surface area is 107 Å². The van der Waals surface area contributed by atoms with Gasteiger partial charge in [-0.2, -0.15) is 0 Å². The van der Waals surface area contributed by atoms with Gasteiger partial charge in [-0.1, -0.05) is 0 Å². The van der Waals surface area contributed by atoms with Crippen molar-refractivity contribution in [3.05, 3.63) is 24.0 Å². The predicted octanol–water partition coefficient (Wildman–Crippen LogP) is 2.43. The molecular formula is C14H19N3O. The third-order valence-corrected chi connectivity index (χ3v) is 3.72. The van der Waals surface area contributed by atoms with E-state index in [-0.39, 0.29) is 0 Å². The minimum atomic E-state index is 0.541. The minimum Gasteiger partial charge on any atom is -0.497 e. The van der Waals surface area contributed by atoms with Crippen molar-refractivity contribution < 1.29 is 4.74 Å². The first-order valence-corrected chi connectivity index (χ1v) is 6.53. The van der Waals surface area contributed by atoms with Gasteiger partial charge in [0.1, 0.15) is 11.6 Å². The number of nitrogens with zero attached hydrogens (tertiary/aromatic N) is 1. The standard InChI is InChI=1S/C14H19N3O/c1-9-7-10(5-6-15-9)14-16-12-4-3-11(18-2)8-13(12)17-14/h3-4,8-10,15H,5-7H2,1-2H3,(H,16,17). The van der Waals surface area contributed by atoms with Gasteiger partial charge in [0.25, 0.3) is 0 Å². The number of H-pyrrole nitrogens is 1. The first-order chi connectivity index (χ1) is 8.76. The average molecular weight is 245 g/mol. The Morgan fingerprint density at radius 2 is 2.28 bits per heavy atom. The lowest BCUT2D eigenvalue weighted by molar-refractivity contribution is 0.373. The van der Waals surface area contributed by atoms with E-state index in [1.54, 1.807) is 7.11 Å². The molecule has 1 aromatic heterocycles. The molecule has 3 rings (SSSR count). The van der Waals surface area contributed by atoms with E-state index in [1.807, 2.05) is 18.2 Å². The quantitative estimate of drug-likeness (QED) is 0.854. The largest absolute Gasteiger partial charge is 0.497 e. The van der Waals surface area contributed by atoms with Crippen LogP contribution in [-0.2, 0) is 0 Å². The van der Waals surface area contributed by atoms with Gasteiger partial charge in [-0.15, -0.1) is 0 Å². The molecular weight excluding hydrogens is 226 g/mol. The highest BCUT2D eigenvalue weighted by atomic mass is 16.5. The number of benzene rings is 1. The van der Waals surface area contributed by atoms with Gasteiger partial charge in [0, 0.05) is 18.0 Å². The summed E-state index contributed by atoms with van der Waals surface area (Å²) < 4.78 is 5.24. The van der Waals surface area contributed by atoms with Gasteiger partial charge in [0.05, 0.1) is 18.1 Å². The summed E-state index contributed by atoms with van der Waals surface area (Å²) in [5, 5.41) is 3.47. The molecule has 4 heteroatoms. The number of aromatic amines is 1. The van der Waals surface area contributed by atoms with Crippen molar-refractivity contribution in [2.75, 3.05) is 13.7 Å². The van der Waals surface area contributed by atoms with Crippen LogP contribution in [-0.4, -0.2) is 29.7 Å². The molecule has 2 atom stereocenters. The maximum absolute atomic E-state index is 5.24. The maximum Gasteiger partial charge on any atom is 0.121 e. The molecule has 1 aromatic carbocycles. The summed E-state index contributed by atoms with van der Waals surface area (Å²) in [6.07, 6.45) is 2.30. The molecule has 2 unspecified atom stereocenters. The molecule has 1 fully saturated rings. The lowest BCUT2D eigenvalue weighted by Crippen LogP contribution is -2.35. The van der Waals surface area contributed by atoms with Crippen LogP contribution in [0.15, 0.2) is 18.2 Å². The third-order valence-electron chi connectivity index (χ3n) is 3.72. The van der Waals surface area contributed by atoms with Gasteiger partial charge < -0.3 is 15.0 Å². The molecule has 18 heavy (non-hydrogen) atoms. The average Bonchev–Trinajstić information content (AvgIpc) is 2.81. The summed E-state index contributed by atoms with van der Waals surface area (Å²) in [6.45, 7) is 3.31. The molecule has 0 spiro atoms. The number of rotatable bonds is 2. The molecule has 0 radical (unpaired) electrons. The summed E-state index contributed by atoms with van der Waals surface area (Å²) in [5.41, 5.74) is 2.09. The number of hydrogen-bond acceptors (Lipinski definition) is 3. The molecule has 1 aliphatic rings. The number of nitrogens with one attached hydrogen (secondary N) is 2. The van der Waals surface area contributed by atoms with E-state index in [4.69, 9.17) is 9.72 Å². The number of methoxy groups -OCH3 is 1. The van der Waals surface area contributed by atoms with Crippen LogP contribution < -0.4 is 10.1 Å². The summed E-state index contributed by atoms with van der Waals surface area (Å²) in [4.78, 5) is 8.15. The van der Waals surface area contributed by atoms with Gasteiger partial charge in [-0.3, -0.25) is 0 Å². The fourth-order valence-corrected chi connectivity index (χ4v) is 2.71.